The summed E-state index contributed by atoms with van der Waals surface area (Å²) in [6.07, 6.45) is 2.27. The van der Waals surface area contributed by atoms with E-state index in [4.69, 9.17) is 5.73 Å². The average molecular weight is 179 g/mol. The van der Waals surface area contributed by atoms with E-state index in [1.54, 1.807) is 6.92 Å². The van der Waals surface area contributed by atoms with Crippen LogP contribution >= 0.6 is 12.4 Å². The number of hydrogen-bond acceptors (Lipinski definition) is 2. The predicted molar refractivity (Wildman–Crippen MR) is 46.7 cm³/mol. The molecular formula is C7H15ClN2O. The van der Waals surface area contributed by atoms with E-state index in [1.165, 1.54) is 0 Å². The second-order valence-electron chi connectivity index (χ2n) is 2.82. The molecule has 0 aromatic carbocycles. The van der Waals surface area contributed by atoms with Gasteiger partial charge in [-0.2, -0.15) is 0 Å². The Morgan fingerprint density at radius 2 is 1.91 bits per heavy atom. The molecule has 1 atom stereocenters. The SMILES string of the molecule is CC(N)C(=O)N1CCCC1.Cl. The molecule has 0 spiro atoms. The smallest absolute Gasteiger partial charge is 0.239 e. The van der Waals surface area contributed by atoms with E-state index in [2.05, 4.69) is 0 Å². The molecule has 0 saturated carbocycles. The molecule has 0 radical (unpaired) electrons. The molecule has 3 nitrogen and oxygen atoms in total. The van der Waals surface area contributed by atoms with Crippen molar-refractivity contribution in [1.82, 2.24) is 4.90 Å². The first-order chi connectivity index (χ1) is 4.72. The number of hydrogen-bond donors (Lipinski definition) is 1. The van der Waals surface area contributed by atoms with Crippen molar-refractivity contribution in [2.75, 3.05) is 13.1 Å². The fraction of sp³-hybridized carbons (Fsp3) is 0.857. The summed E-state index contributed by atoms with van der Waals surface area (Å²) in [5, 5.41) is 0. The number of likely N-dealkylation sites (tertiary alicyclic amines) is 1. The highest BCUT2D eigenvalue weighted by molar-refractivity contribution is 5.85. The van der Waals surface area contributed by atoms with Gasteiger partial charge in [0.1, 0.15) is 0 Å². The van der Waals surface area contributed by atoms with Gasteiger partial charge in [0.15, 0.2) is 0 Å². The van der Waals surface area contributed by atoms with Crippen LogP contribution in [0.25, 0.3) is 0 Å². The number of nitrogens with zero attached hydrogens (tertiary/aromatic N) is 1. The quantitative estimate of drug-likeness (QED) is 0.631. The molecule has 2 N–H and O–H groups in total. The Kier molecular flexibility index (Phi) is 4.45. The second-order valence-corrected chi connectivity index (χ2v) is 2.82. The van der Waals surface area contributed by atoms with Gasteiger partial charge in [-0.25, -0.2) is 0 Å². The van der Waals surface area contributed by atoms with E-state index in [9.17, 15) is 4.79 Å². The predicted octanol–water partition coefficient (Wildman–Crippen LogP) is 0.378. The van der Waals surface area contributed by atoms with Crippen molar-refractivity contribution in [1.29, 1.82) is 0 Å². The van der Waals surface area contributed by atoms with Crippen LogP contribution in [0.1, 0.15) is 19.8 Å². The highest BCUT2D eigenvalue weighted by atomic mass is 35.5. The fourth-order valence-corrected chi connectivity index (χ4v) is 1.23. The molecule has 66 valence electrons. The maximum Gasteiger partial charge on any atom is 0.239 e. The Hall–Kier alpha value is -0.280. The lowest BCUT2D eigenvalue weighted by Crippen LogP contribution is -2.40. The molecule has 1 aliphatic heterocycles. The first kappa shape index (κ1) is 10.7. The molecule has 0 aliphatic carbocycles. The van der Waals surface area contributed by atoms with Crippen LogP contribution in [0.5, 0.6) is 0 Å². The zero-order chi connectivity index (χ0) is 7.56. The zero-order valence-electron chi connectivity index (χ0n) is 6.75. The number of carbonyl (C=O) groups is 1. The van der Waals surface area contributed by atoms with Gasteiger partial charge in [0.25, 0.3) is 0 Å². The topological polar surface area (TPSA) is 46.3 Å². The van der Waals surface area contributed by atoms with Crippen molar-refractivity contribution >= 4 is 18.3 Å². The Bertz CT molecular complexity index is 132. The number of carbonyl (C=O) groups excluding carboxylic acids is 1. The summed E-state index contributed by atoms with van der Waals surface area (Å²) < 4.78 is 0. The lowest BCUT2D eigenvalue weighted by molar-refractivity contribution is -0.131. The number of halogens is 1. The Balaban J connectivity index is 0.000001000. The fourth-order valence-electron chi connectivity index (χ4n) is 1.23. The average Bonchev–Trinajstić information content (AvgIpc) is 2.36. The van der Waals surface area contributed by atoms with Crippen LogP contribution in [0.2, 0.25) is 0 Å². The first-order valence-electron chi connectivity index (χ1n) is 3.76. The molecule has 0 aromatic rings. The van der Waals surface area contributed by atoms with E-state index >= 15 is 0 Å². The van der Waals surface area contributed by atoms with Crippen molar-refractivity contribution in [2.24, 2.45) is 5.73 Å². The summed E-state index contributed by atoms with van der Waals surface area (Å²) in [6.45, 7) is 3.54. The molecule has 1 amide bonds. The van der Waals surface area contributed by atoms with E-state index in [0.29, 0.717) is 0 Å². The highest BCUT2D eigenvalue weighted by Crippen LogP contribution is 2.07. The third-order valence-corrected chi connectivity index (χ3v) is 1.81. The molecule has 1 heterocycles. The van der Waals surface area contributed by atoms with Crippen molar-refractivity contribution in [3.8, 4) is 0 Å². The third kappa shape index (κ3) is 2.67. The lowest BCUT2D eigenvalue weighted by atomic mass is 10.3. The molecule has 1 aliphatic rings. The second kappa shape index (κ2) is 4.57. The Morgan fingerprint density at radius 1 is 1.45 bits per heavy atom. The standard InChI is InChI=1S/C7H14N2O.ClH/c1-6(8)7(10)9-4-2-3-5-9;/h6H,2-5,8H2,1H3;1H. The van der Waals surface area contributed by atoms with E-state index in [1.807, 2.05) is 4.90 Å². The van der Waals surface area contributed by atoms with Gasteiger partial charge in [-0.3, -0.25) is 4.79 Å². The molecule has 4 heteroatoms. The van der Waals surface area contributed by atoms with Gasteiger partial charge in [-0.1, -0.05) is 0 Å². The molecule has 0 aromatic heterocycles. The molecule has 1 fully saturated rings. The van der Waals surface area contributed by atoms with E-state index < -0.39 is 0 Å². The van der Waals surface area contributed by atoms with Gasteiger partial charge < -0.3 is 10.6 Å². The number of amides is 1. The minimum Gasteiger partial charge on any atom is -0.341 e. The first-order valence-corrected chi connectivity index (χ1v) is 3.76. The minimum atomic E-state index is -0.321. The van der Waals surface area contributed by atoms with Crippen LogP contribution in [0.4, 0.5) is 0 Å². The summed E-state index contributed by atoms with van der Waals surface area (Å²) in [5.74, 6) is 0.0949. The molecule has 1 saturated heterocycles. The number of rotatable bonds is 1. The van der Waals surface area contributed by atoms with Gasteiger partial charge in [-0.05, 0) is 19.8 Å². The number of nitrogens with two attached hydrogens (primary N) is 1. The van der Waals surface area contributed by atoms with Crippen molar-refractivity contribution < 1.29 is 4.79 Å². The summed E-state index contributed by atoms with van der Waals surface area (Å²) in [7, 11) is 0. The molecule has 0 bridgehead atoms. The maximum atomic E-state index is 11.1. The van der Waals surface area contributed by atoms with Gasteiger partial charge >= 0.3 is 0 Å². The van der Waals surface area contributed by atoms with Gasteiger partial charge in [0, 0.05) is 13.1 Å². The largest absolute Gasteiger partial charge is 0.341 e. The van der Waals surface area contributed by atoms with Crippen molar-refractivity contribution in [2.45, 2.75) is 25.8 Å². The summed E-state index contributed by atoms with van der Waals surface area (Å²) in [6, 6.07) is -0.321. The molecular weight excluding hydrogens is 164 g/mol. The minimum absolute atomic E-state index is 0. The zero-order valence-corrected chi connectivity index (χ0v) is 7.56. The van der Waals surface area contributed by atoms with Crippen molar-refractivity contribution in [3.63, 3.8) is 0 Å². The van der Waals surface area contributed by atoms with Crippen LogP contribution in [0.15, 0.2) is 0 Å². The lowest BCUT2D eigenvalue weighted by Gasteiger charge is -2.16. The third-order valence-electron chi connectivity index (χ3n) is 1.81. The summed E-state index contributed by atoms with van der Waals surface area (Å²) >= 11 is 0. The molecule has 1 unspecified atom stereocenters. The molecule has 1 rings (SSSR count). The normalized spacial score (nSPS) is 19.3. The van der Waals surface area contributed by atoms with Crippen LogP contribution in [-0.2, 0) is 4.79 Å². The Morgan fingerprint density at radius 3 is 2.27 bits per heavy atom. The van der Waals surface area contributed by atoms with Gasteiger partial charge in [0.05, 0.1) is 6.04 Å². The summed E-state index contributed by atoms with van der Waals surface area (Å²) in [5.41, 5.74) is 5.42. The van der Waals surface area contributed by atoms with Crippen LogP contribution in [0, 0.1) is 0 Å². The van der Waals surface area contributed by atoms with Crippen molar-refractivity contribution in [3.05, 3.63) is 0 Å². The van der Waals surface area contributed by atoms with Crippen LogP contribution in [0.3, 0.4) is 0 Å². The Labute approximate surface area is 73.3 Å². The van der Waals surface area contributed by atoms with Gasteiger partial charge in [0.2, 0.25) is 5.91 Å². The van der Waals surface area contributed by atoms with Crippen LogP contribution in [-0.4, -0.2) is 29.9 Å². The monoisotopic (exact) mass is 178 g/mol. The van der Waals surface area contributed by atoms with E-state index in [-0.39, 0.29) is 24.4 Å². The molecule has 11 heavy (non-hydrogen) atoms. The highest BCUT2D eigenvalue weighted by Gasteiger charge is 2.19. The van der Waals surface area contributed by atoms with Gasteiger partial charge in [-0.15, -0.1) is 12.4 Å². The van der Waals surface area contributed by atoms with Crippen LogP contribution < -0.4 is 5.73 Å². The summed E-state index contributed by atoms with van der Waals surface area (Å²) in [4.78, 5) is 13.0. The maximum absolute atomic E-state index is 11.1. The van der Waals surface area contributed by atoms with E-state index in [0.717, 1.165) is 25.9 Å².